The van der Waals surface area contributed by atoms with Crippen LogP contribution < -0.4 is 10.8 Å². The molecular formula is C19H20N8. The number of hydrogen-bond acceptors (Lipinski definition) is 6. The highest BCUT2D eigenvalue weighted by Gasteiger charge is 2.35. The van der Waals surface area contributed by atoms with Crippen molar-refractivity contribution in [3.63, 3.8) is 0 Å². The number of fused-ring (bicyclic) bond motifs is 1. The Morgan fingerprint density at radius 1 is 1.30 bits per heavy atom. The third-order valence-corrected chi connectivity index (χ3v) is 5.22. The first-order valence-corrected chi connectivity index (χ1v) is 8.88. The van der Waals surface area contributed by atoms with Gasteiger partial charge < -0.3 is 10.3 Å². The molecule has 27 heavy (non-hydrogen) atoms. The molecule has 0 amide bonds. The number of rotatable bonds is 3. The van der Waals surface area contributed by atoms with Gasteiger partial charge in [0.05, 0.1) is 17.3 Å². The number of aromatic nitrogens is 4. The lowest BCUT2D eigenvalue weighted by molar-refractivity contribution is 0.517. The molecule has 1 saturated carbocycles. The molecule has 8 nitrogen and oxygen atoms in total. The Kier molecular flexibility index (Phi) is 4.20. The second kappa shape index (κ2) is 6.68. The third-order valence-electron chi connectivity index (χ3n) is 5.22. The lowest BCUT2D eigenvalue weighted by Gasteiger charge is -2.19. The van der Waals surface area contributed by atoms with Gasteiger partial charge in [-0.1, -0.05) is 6.92 Å². The number of nitriles is 1. The molecule has 1 fully saturated rings. The fourth-order valence-electron chi connectivity index (χ4n) is 3.88. The van der Waals surface area contributed by atoms with E-state index >= 15 is 0 Å². The van der Waals surface area contributed by atoms with Crippen molar-refractivity contribution in [2.45, 2.75) is 25.8 Å². The molecule has 136 valence electrons. The van der Waals surface area contributed by atoms with Crippen LogP contribution in [0.25, 0.3) is 11.2 Å². The van der Waals surface area contributed by atoms with E-state index < -0.39 is 0 Å². The van der Waals surface area contributed by atoms with Crippen LogP contribution in [0.5, 0.6) is 0 Å². The average molecular weight is 360 g/mol. The summed E-state index contributed by atoms with van der Waals surface area (Å²) in [5, 5.41) is 29.3. The summed E-state index contributed by atoms with van der Waals surface area (Å²) >= 11 is 0. The average Bonchev–Trinajstić information content (AvgIpc) is 3.28. The molecule has 0 aromatic carbocycles. The third kappa shape index (κ3) is 3.08. The van der Waals surface area contributed by atoms with Gasteiger partial charge in [0, 0.05) is 24.4 Å². The highest BCUT2D eigenvalue weighted by atomic mass is 15.1. The first-order chi connectivity index (χ1) is 13.1. The summed E-state index contributed by atoms with van der Waals surface area (Å²) in [7, 11) is 0. The van der Waals surface area contributed by atoms with E-state index in [9.17, 15) is 0 Å². The molecular weight excluding hydrogens is 340 g/mol. The molecule has 1 aliphatic rings. The molecule has 8 heteroatoms. The van der Waals surface area contributed by atoms with Gasteiger partial charge in [0.1, 0.15) is 23.2 Å². The van der Waals surface area contributed by atoms with Crippen molar-refractivity contribution in [3.8, 4) is 6.07 Å². The number of aromatic amines is 1. The summed E-state index contributed by atoms with van der Waals surface area (Å²) in [4.78, 5) is 11.5. The maximum absolute atomic E-state index is 8.88. The van der Waals surface area contributed by atoms with Gasteiger partial charge in [-0.15, -0.1) is 0 Å². The molecule has 0 radical (unpaired) electrons. The van der Waals surface area contributed by atoms with E-state index in [-0.39, 0.29) is 17.4 Å². The van der Waals surface area contributed by atoms with Gasteiger partial charge >= 0.3 is 0 Å². The lowest BCUT2D eigenvalue weighted by atomic mass is 9.96. The number of H-pyrrole nitrogens is 1. The zero-order chi connectivity index (χ0) is 19.0. The normalized spacial score (nSPS) is 21.9. The van der Waals surface area contributed by atoms with Gasteiger partial charge in [-0.2, -0.15) is 5.26 Å². The Bertz CT molecular complexity index is 1090. The molecule has 3 aromatic heterocycles. The summed E-state index contributed by atoms with van der Waals surface area (Å²) in [5.41, 5.74) is 2.18. The van der Waals surface area contributed by atoms with Crippen molar-refractivity contribution in [3.05, 3.63) is 47.8 Å². The van der Waals surface area contributed by atoms with E-state index in [1.54, 1.807) is 23.0 Å². The minimum absolute atomic E-state index is 0.0375. The van der Waals surface area contributed by atoms with Crippen LogP contribution in [0.4, 0.5) is 5.82 Å². The summed E-state index contributed by atoms with van der Waals surface area (Å²) in [5.74, 6) is 1.51. The monoisotopic (exact) mass is 360 g/mol. The van der Waals surface area contributed by atoms with Crippen LogP contribution in [0, 0.1) is 34.0 Å². The maximum atomic E-state index is 8.88. The molecule has 0 unspecified atom stereocenters. The summed E-state index contributed by atoms with van der Waals surface area (Å²) < 4.78 is 1.67. The van der Waals surface area contributed by atoms with E-state index in [0.29, 0.717) is 23.0 Å². The first kappa shape index (κ1) is 17.0. The van der Waals surface area contributed by atoms with Gasteiger partial charge in [-0.3, -0.25) is 15.4 Å². The molecule has 1 aliphatic carbocycles. The van der Waals surface area contributed by atoms with Crippen LogP contribution in [0.15, 0.2) is 36.8 Å². The zero-order valence-electron chi connectivity index (χ0n) is 14.9. The predicted octanol–water partition coefficient (Wildman–Crippen LogP) is 2.46. The van der Waals surface area contributed by atoms with E-state index in [0.717, 1.165) is 24.2 Å². The number of anilines is 1. The molecule has 0 saturated heterocycles. The minimum Gasteiger partial charge on any atom is -0.367 e. The molecule has 3 heterocycles. The second-order valence-corrected chi connectivity index (χ2v) is 7.02. The van der Waals surface area contributed by atoms with Crippen LogP contribution >= 0.6 is 0 Å². The van der Waals surface area contributed by atoms with Crippen LogP contribution in [-0.2, 0) is 0 Å². The van der Waals surface area contributed by atoms with Crippen molar-refractivity contribution in [1.82, 2.24) is 19.5 Å². The van der Waals surface area contributed by atoms with Gasteiger partial charge in [0.15, 0.2) is 5.65 Å². The summed E-state index contributed by atoms with van der Waals surface area (Å²) in [6.07, 6.45) is 6.53. The summed E-state index contributed by atoms with van der Waals surface area (Å²) in [6, 6.07) is 7.67. The van der Waals surface area contributed by atoms with E-state index in [2.05, 4.69) is 33.3 Å². The maximum Gasteiger partial charge on any atom is 0.154 e. The molecule has 3 atom stereocenters. The van der Waals surface area contributed by atoms with Crippen LogP contribution in [0.3, 0.4) is 0 Å². The van der Waals surface area contributed by atoms with Crippen LogP contribution in [0.2, 0.25) is 0 Å². The van der Waals surface area contributed by atoms with E-state index in [1.807, 2.05) is 12.1 Å². The zero-order valence-corrected chi connectivity index (χ0v) is 14.9. The van der Waals surface area contributed by atoms with Crippen molar-refractivity contribution in [2.75, 3.05) is 5.32 Å². The van der Waals surface area contributed by atoms with Gasteiger partial charge in [0.2, 0.25) is 0 Å². The standard InChI is InChI=1S/C19H20N8/c1-11-6-13(26-17-3-2-12(8-20)9-24-17)7-14(11)18(22)27-15-4-5-23-19(15)25-10-16(27)21/h2-5,9-11,13-14,21-23H,6-7H2,1H3,(H,24,26)/t11-,13+,14+/m0/s1. The Morgan fingerprint density at radius 3 is 2.89 bits per heavy atom. The Hall–Kier alpha value is -3.47. The predicted molar refractivity (Wildman–Crippen MR) is 101 cm³/mol. The highest BCUT2D eigenvalue weighted by Crippen LogP contribution is 2.34. The molecule has 0 aliphatic heterocycles. The molecule has 3 aromatic rings. The quantitative estimate of drug-likeness (QED) is 0.422. The van der Waals surface area contributed by atoms with Crippen molar-refractivity contribution >= 4 is 22.8 Å². The number of pyridine rings is 1. The van der Waals surface area contributed by atoms with Crippen LogP contribution in [-0.4, -0.2) is 31.4 Å². The summed E-state index contributed by atoms with van der Waals surface area (Å²) in [6.45, 7) is 2.15. The van der Waals surface area contributed by atoms with Crippen LogP contribution in [0.1, 0.15) is 25.3 Å². The fourth-order valence-corrected chi connectivity index (χ4v) is 3.88. The fraction of sp³-hybridized carbons (Fsp3) is 0.316. The Labute approximate surface area is 155 Å². The minimum atomic E-state index is 0.0375. The van der Waals surface area contributed by atoms with Crippen molar-refractivity contribution in [2.24, 2.45) is 11.8 Å². The molecule has 4 N–H and O–H groups in total. The molecule has 4 rings (SSSR count). The van der Waals surface area contributed by atoms with E-state index in [4.69, 9.17) is 16.1 Å². The van der Waals surface area contributed by atoms with Gasteiger partial charge in [-0.05, 0) is 37.0 Å². The Balaban J connectivity index is 1.55. The number of nitrogens with one attached hydrogen (secondary N) is 4. The van der Waals surface area contributed by atoms with Gasteiger partial charge in [0.25, 0.3) is 0 Å². The Morgan fingerprint density at radius 2 is 2.15 bits per heavy atom. The number of nitrogens with zero attached hydrogens (tertiary/aromatic N) is 4. The number of hydrogen-bond donors (Lipinski definition) is 4. The second-order valence-electron chi connectivity index (χ2n) is 7.02. The van der Waals surface area contributed by atoms with E-state index in [1.165, 1.54) is 6.20 Å². The van der Waals surface area contributed by atoms with Crippen molar-refractivity contribution in [1.29, 1.82) is 16.1 Å². The molecule has 0 spiro atoms. The van der Waals surface area contributed by atoms with Crippen molar-refractivity contribution < 1.29 is 0 Å². The lowest BCUT2D eigenvalue weighted by Crippen LogP contribution is -2.33. The topological polar surface area (TPSA) is 130 Å². The molecule has 0 bridgehead atoms. The smallest absolute Gasteiger partial charge is 0.154 e. The SMILES string of the molecule is C[C@H]1C[C@@H](Nc2ccc(C#N)cn2)C[C@H]1C(=N)n1c(=N)cnc2[nH]ccc21. The first-order valence-electron chi connectivity index (χ1n) is 8.88. The highest BCUT2D eigenvalue weighted by molar-refractivity contribution is 5.91. The largest absolute Gasteiger partial charge is 0.367 e. The van der Waals surface area contributed by atoms with Gasteiger partial charge in [-0.25, -0.2) is 9.97 Å².